The Kier molecular flexibility index (Phi) is 2.30. The van der Waals surface area contributed by atoms with Gasteiger partial charge in [-0.3, -0.25) is 0 Å². The summed E-state index contributed by atoms with van der Waals surface area (Å²) in [6.45, 7) is 11.0. The second-order valence-corrected chi connectivity index (χ2v) is 4.55. The fourth-order valence-electron chi connectivity index (χ4n) is 2.17. The number of aryl methyl sites for hydroxylation is 4. The molecule has 0 aromatic heterocycles. The van der Waals surface area contributed by atoms with Crippen molar-refractivity contribution in [1.82, 2.24) is 0 Å². The molecule has 0 nitrogen and oxygen atoms in total. The monoisotopic (exact) mass is 198 g/mol. The molecule has 0 N–H and O–H groups in total. The van der Waals surface area contributed by atoms with Gasteiger partial charge in [0.1, 0.15) is 0 Å². The number of hydrogen-bond acceptors (Lipinski definition) is 0. The largest absolute Gasteiger partial charge is 0.0584 e. The molecular weight excluding hydrogens is 180 g/mol. The van der Waals surface area contributed by atoms with E-state index >= 15 is 0 Å². The van der Waals surface area contributed by atoms with Crippen molar-refractivity contribution < 1.29 is 0 Å². The molecule has 78 valence electrons. The zero-order valence-corrected chi connectivity index (χ0v) is 10.2. The molecule has 2 aromatic rings. The van der Waals surface area contributed by atoms with Gasteiger partial charge in [-0.15, -0.1) is 0 Å². The molecule has 0 heteroatoms. The summed E-state index contributed by atoms with van der Waals surface area (Å²) in [5, 5.41) is 2.82. The van der Waals surface area contributed by atoms with Crippen molar-refractivity contribution in [3.8, 4) is 0 Å². The van der Waals surface area contributed by atoms with Crippen LogP contribution in [0.1, 0.15) is 27.8 Å². The Hall–Kier alpha value is -1.30. The van der Waals surface area contributed by atoms with Gasteiger partial charge in [-0.2, -0.15) is 0 Å². The van der Waals surface area contributed by atoms with Crippen LogP contribution in [0.25, 0.3) is 10.8 Å². The molecule has 0 bridgehead atoms. The van der Waals surface area contributed by atoms with Crippen LogP contribution >= 0.6 is 0 Å². The van der Waals surface area contributed by atoms with E-state index in [4.69, 9.17) is 0 Å². The first-order valence-electron chi connectivity index (χ1n) is 5.49. The number of fused-ring (bicyclic) bond motifs is 1. The summed E-state index contributed by atoms with van der Waals surface area (Å²) < 4.78 is 0. The molecule has 15 heavy (non-hydrogen) atoms. The fourth-order valence-corrected chi connectivity index (χ4v) is 2.17. The third-order valence-electron chi connectivity index (χ3n) is 3.70. The van der Waals surface area contributed by atoms with Crippen LogP contribution in [0.3, 0.4) is 0 Å². The molecule has 0 atom stereocenters. The molecule has 0 saturated carbocycles. The van der Waals surface area contributed by atoms with Gasteiger partial charge in [0.25, 0.3) is 0 Å². The second kappa shape index (κ2) is 3.37. The average Bonchev–Trinajstić information content (AvgIpc) is 2.21. The third-order valence-corrected chi connectivity index (χ3v) is 3.70. The SMILES string of the molecule is Cc1cc2c(C)c(C)ccc2c(C)c1C. The van der Waals surface area contributed by atoms with Crippen molar-refractivity contribution in [2.45, 2.75) is 34.6 Å². The first-order valence-corrected chi connectivity index (χ1v) is 5.49. The molecule has 0 aliphatic rings. The highest BCUT2D eigenvalue weighted by molar-refractivity contribution is 5.90. The Morgan fingerprint density at radius 2 is 1.27 bits per heavy atom. The molecule has 0 radical (unpaired) electrons. The molecule has 0 aliphatic heterocycles. The normalized spacial score (nSPS) is 11.0. The van der Waals surface area contributed by atoms with Gasteiger partial charge in [0.05, 0.1) is 0 Å². The van der Waals surface area contributed by atoms with Gasteiger partial charge in [0.2, 0.25) is 0 Å². The minimum absolute atomic E-state index is 1.38. The van der Waals surface area contributed by atoms with E-state index in [1.807, 2.05) is 0 Å². The van der Waals surface area contributed by atoms with E-state index in [1.165, 1.54) is 38.6 Å². The lowest BCUT2D eigenvalue weighted by molar-refractivity contribution is 1.28. The van der Waals surface area contributed by atoms with Gasteiger partial charge >= 0.3 is 0 Å². The number of benzene rings is 2. The fraction of sp³-hybridized carbons (Fsp3) is 0.333. The standard InChI is InChI=1S/C15H18/c1-9-6-7-14-13(5)11(3)10(2)8-15(14)12(9)4/h6-8H,1-5H3. The average molecular weight is 198 g/mol. The van der Waals surface area contributed by atoms with Crippen LogP contribution in [0.2, 0.25) is 0 Å². The Labute approximate surface area is 91.9 Å². The summed E-state index contributed by atoms with van der Waals surface area (Å²) in [5.41, 5.74) is 7.04. The summed E-state index contributed by atoms with van der Waals surface area (Å²) in [5.74, 6) is 0. The van der Waals surface area contributed by atoms with E-state index in [0.29, 0.717) is 0 Å². The molecule has 0 unspecified atom stereocenters. The van der Waals surface area contributed by atoms with Crippen LogP contribution in [0, 0.1) is 34.6 Å². The predicted molar refractivity (Wildman–Crippen MR) is 67.6 cm³/mol. The predicted octanol–water partition coefficient (Wildman–Crippen LogP) is 4.38. The van der Waals surface area contributed by atoms with E-state index < -0.39 is 0 Å². The van der Waals surface area contributed by atoms with Crippen molar-refractivity contribution in [3.05, 3.63) is 46.0 Å². The maximum absolute atomic E-state index is 2.32. The number of hydrogen-bond donors (Lipinski definition) is 0. The Balaban J connectivity index is 2.98. The van der Waals surface area contributed by atoms with E-state index in [9.17, 15) is 0 Å². The zero-order valence-electron chi connectivity index (χ0n) is 10.2. The van der Waals surface area contributed by atoms with Crippen molar-refractivity contribution in [2.24, 2.45) is 0 Å². The van der Waals surface area contributed by atoms with Gasteiger partial charge in [0, 0.05) is 0 Å². The van der Waals surface area contributed by atoms with Crippen molar-refractivity contribution >= 4 is 10.8 Å². The summed E-state index contributed by atoms with van der Waals surface area (Å²) >= 11 is 0. The topological polar surface area (TPSA) is 0 Å². The highest BCUT2D eigenvalue weighted by Gasteiger charge is 2.06. The summed E-state index contributed by atoms with van der Waals surface area (Å²) in [6.07, 6.45) is 0. The first kappa shape index (κ1) is 10.2. The Morgan fingerprint density at radius 3 is 1.93 bits per heavy atom. The summed E-state index contributed by atoms with van der Waals surface area (Å²) in [4.78, 5) is 0. The van der Waals surface area contributed by atoms with Crippen LogP contribution < -0.4 is 0 Å². The minimum Gasteiger partial charge on any atom is -0.0584 e. The second-order valence-electron chi connectivity index (χ2n) is 4.55. The van der Waals surface area contributed by atoms with E-state index in [1.54, 1.807) is 0 Å². The maximum Gasteiger partial charge on any atom is -0.0147 e. The first-order chi connectivity index (χ1) is 7.02. The van der Waals surface area contributed by atoms with Crippen LogP contribution in [0.5, 0.6) is 0 Å². The van der Waals surface area contributed by atoms with Crippen molar-refractivity contribution in [3.63, 3.8) is 0 Å². The summed E-state index contributed by atoms with van der Waals surface area (Å²) in [6, 6.07) is 6.79. The van der Waals surface area contributed by atoms with Gasteiger partial charge in [-0.05, 0) is 73.2 Å². The lowest BCUT2D eigenvalue weighted by Gasteiger charge is -2.12. The summed E-state index contributed by atoms with van der Waals surface area (Å²) in [7, 11) is 0. The van der Waals surface area contributed by atoms with Crippen LogP contribution in [-0.4, -0.2) is 0 Å². The van der Waals surface area contributed by atoms with E-state index in [0.717, 1.165) is 0 Å². The minimum atomic E-state index is 1.38. The molecular formula is C15H18. The van der Waals surface area contributed by atoms with Crippen LogP contribution in [0.15, 0.2) is 18.2 Å². The molecule has 0 heterocycles. The Bertz CT molecular complexity index is 533. The third kappa shape index (κ3) is 1.45. The van der Waals surface area contributed by atoms with Crippen LogP contribution in [-0.2, 0) is 0 Å². The van der Waals surface area contributed by atoms with Gasteiger partial charge in [0.15, 0.2) is 0 Å². The molecule has 0 fully saturated rings. The Morgan fingerprint density at radius 1 is 0.600 bits per heavy atom. The number of rotatable bonds is 0. The highest BCUT2D eigenvalue weighted by atomic mass is 14.1. The molecule has 2 rings (SSSR count). The molecule has 2 aromatic carbocycles. The van der Waals surface area contributed by atoms with Gasteiger partial charge in [-0.1, -0.05) is 18.2 Å². The van der Waals surface area contributed by atoms with Gasteiger partial charge in [-0.25, -0.2) is 0 Å². The maximum atomic E-state index is 2.32. The van der Waals surface area contributed by atoms with E-state index in [2.05, 4.69) is 52.8 Å². The quantitative estimate of drug-likeness (QED) is 0.589. The van der Waals surface area contributed by atoms with E-state index in [-0.39, 0.29) is 0 Å². The van der Waals surface area contributed by atoms with Gasteiger partial charge < -0.3 is 0 Å². The molecule has 0 spiro atoms. The molecule has 0 amide bonds. The van der Waals surface area contributed by atoms with Crippen molar-refractivity contribution in [1.29, 1.82) is 0 Å². The van der Waals surface area contributed by atoms with Crippen molar-refractivity contribution in [2.75, 3.05) is 0 Å². The zero-order chi connectivity index (χ0) is 11.2. The smallest absolute Gasteiger partial charge is 0.0147 e. The van der Waals surface area contributed by atoms with Crippen LogP contribution in [0.4, 0.5) is 0 Å². The lowest BCUT2D eigenvalue weighted by atomic mass is 9.92. The lowest BCUT2D eigenvalue weighted by Crippen LogP contribution is -1.92. The molecule has 0 aliphatic carbocycles. The molecule has 0 saturated heterocycles. The highest BCUT2D eigenvalue weighted by Crippen LogP contribution is 2.28.